The molecule has 33 heavy (non-hydrogen) atoms. The fourth-order valence-corrected chi connectivity index (χ4v) is 4.18. The molecule has 2 heterocycles. The fraction of sp³-hybridized carbons (Fsp3) is 0.280. The Morgan fingerprint density at radius 2 is 1.82 bits per heavy atom. The summed E-state index contributed by atoms with van der Waals surface area (Å²) in [6.45, 7) is 5.38. The van der Waals surface area contributed by atoms with Gasteiger partial charge in [0.15, 0.2) is 6.10 Å². The first kappa shape index (κ1) is 22.7. The SMILES string of the molecule is CC(C)[C@@H](NC(=O)Cc1cccc2ccccc12)C(=O)O[C@@H](C)c1nnc(-c2cccs2)o1. The van der Waals surface area contributed by atoms with E-state index in [1.165, 1.54) is 11.3 Å². The highest BCUT2D eigenvalue weighted by molar-refractivity contribution is 7.13. The van der Waals surface area contributed by atoms with Crippen LogP contribution in [-0.2, 0) is 20.7 Å². The lowest BCUT2D eigenvalue weighted by Crippen LogP contribution is -2.46. The van der Waals surface area contributed by atoms with Crippen molar-refractivity contribution in [3.05, 3.63) is 71.4 Å². The smallest absolute Gasteiger partial charge is 0.329 e. The highest BCUT2D eigenvalue weighted by atomic mass is 32.1. The number of fused-ring (bicyclic) bond motifs is 1. The number of esters is 1. The molecule has 0 radical (unpaired) electrons. The van der Waals surface area contributed by atoms with Gasteiger partial charge in [-0.1, -0.05) is 62.4 Å². The van der Waals surface area contributed by atoms with Crippen molar-refractivity contribution >= 4 is 34.0 Å². The van der Waals surface area contributed by atoms with Crippen LogP contribution < -0.4 is 5.32 Å². The number of thiophene rings is 1. The summed E-state index contributed by atoms with van der Waals surface area (Å²) in [6, 6.07) is 16.7. The van der Waals surface area contributed by atoms with E-state index < -0.39 is 18.1 Å². The van der Waals surface area contributed by atoms with E-state index in [0.717, 1.165) is 21.2 Å². The molecular formula is C25H25N3O4S. The Labute approximate surface area is 195 Å². The molecule has 4 aromatic rings. The number of nitrogens with zero attached hydrogens (tertiary/aromatic N) is 2. The van der Waals surface area contributed by atoms with Crippen molar-refractivity contribution in [3.8, 4) is 10.8 Å². The topological polar surface area (TPSA) is 94.3 Å². The monoisotopic (exact) mass is 463 g/mol. The molecule has 8 heteroatoms. The van der Waals surface area contributed by atoms with Gasteiger partial charge >= 0.3 is 5.97 Å². The Bertz CT molecular complexity index is 1240. The molecule has 170 valence electrons. The second kappa shape index (κ2) is 9.95. The van der Waals surface area contributed by atoms with Gasteiger partial charge in [-0.15, -0.1) is 21.5 Å². The molecule has 4 rings (SSSR count). The fourth-order valence-electron chi connectivity index (χ4n) is 3.54. The van der Waals surface area contributed by atoms with Crippen LogP contribution in [0.15, 0.2) is 64.4 Å². The number of carbonyl (C=O) groups excluding carboxylic acids is 2. The number of benzene rings is 2. The second-order valence-corrected chi connectivity index (χ2v) is 9.05. The first-order valence-corrected chi connectivity index (χ1v) is 11.6. The van der Waals surface area contributed by atoms with Crippen molar-refractivity contribution in [1.82, 2.24) is 15.5 Å². The van der Waals surface area contributed by atoms with Crippen LogP contribution in [0.1, 0.15) is 38.3 Å². The lowest BCUT2D eigenvalue weighted by Gasteiger charge is -2.22. The highest BCUT2D eigenvalue weighted by Crippen LogP contribution is 2.26. The Balaban J connectivity index is 1.41. The van der Waals surface area contributed by atoms with Crippen LogP contribution >= 0.6 is 11.3 Å². The number of hydrogen-bond acceptors (Lipinski definition) is 7. The molecule has 0 spiro atoms. The van der Waals surface area contributed by atoms with Crippen molar-refractivity contribution in [1.29, 1.82) is 0 Å². The molecule has 2 aromatic carbocycles. The van der Waals surface area contributed by atoms with Crippen molar-refractivity contribution < 1.29 is 18.7 Å². The molecule has 0 aliphatic heterocycles. The quantitative estimate of drug-likeness (QED) is 0.372. The molecular weight excluding hydrogens is 438 g/mol. The van der Waals surface area contributed by atoms with E-state index in [9.17, 15) is 9.59 Å². The van der Waals surface area contributed by atoms with E-state index >= 15 is 0 Å². The third-order valence-corrected chi connectivity index (χ3v) is 6.14. The number of ether oxygens (including phenoxy) is 1. The average molecular weight is 464 g/mol. The number of nitrogens with one attached hydrogen (secondary N) is 1. The summed E-state index contributed by atoms with van der Waals surface area (Å²) >= 11 is 1.48. The van der Waals surface area contributed by atoms with E-state index in [2.05, 4.69) is 15.5 Å². The second-order valence-electron chi connectivity index (χ2n) is 8.11. The van der Waals surface area contributed by atoms with Crippen LogP contribution in [-0.4, -0.2) is 28.1 Å². The van der Waals surface area contributed by atoms with E-state index in [4.69, 9.17) is 9.15 Å². The Morgan fingerprint density at radius 1 is 1.03 bits per heavy atom. The molecule has 0 fully saturated rings. The summed E-state index contributed by atoms with van der Waals surface area (Å²) in [7, 11) is 0. The van der Waals surface area contributed by atoms with Gasteiger partial charge in [0.2, 0.25) is 5.91 Å². The Morgan fingerprint density at radius 3 is 2.58 bits per heavy atom. The standard InChI is InChI=1S/C25H25N3O4S/c1-15(2)22(26-21(29)14-18-10-6-9-17-8-4-5-11-19(17)18)25(30)31-16(3)23-27-28-24(32-23)20-12-7-13-33-20/h4-13,15-16,22H,14H2,1-3H3,(H,26,29)/t16-,22+/m0/s1. The zero-order valence-corrected chi connectivity index (χ0v) is 19.5. The van der Waals surface area contributed by atoms with Gasteiger partial charge in [-0.2, -0.15) is 0 Å². The minimum absolute atomic E-state index is 0.162. The van der Waals surface area contributed by atoms with E-state index in [0.29, 0.717) is 5.89 Å². The average Bonchev–Trinajstić information content (AvgIpc) is 3.49. The van der Waals surface area contributed by atoms with Crippen LogP contribution in [0.5, 0.6) is 0 Å². The van der Waals surface area contributed by atoms with Crippen LogP contribution in [0.25, 0.3) is 21.5 Å². The molecule has 0 unspecified atom stereocenters. The van der Waals surface area contributed by atoms with Crippen molar-refractivity contribution in [3.63, 3.8) is 0 Å². The summed E-state index contributed by atoms with van der Waals surface area (Å²) in [5, 5.41) is 14.9. The molecule has 2 aromatic heterocycles. The molecule has 0 saturated heterocycles. The first-order chi connectivity index (χ1) is 15.9. The lowest BCUT2D eigenvalue weighted by atomic mass is 10.0. The minimum Gasteiger partial charge on any atom is -0.451 e. The molecule has 2 atom stereocenters. The number of rotatable bonds is 8. The predicted molar refractivity (Wildman–Crippen MR) is 127 cm³/mol. The molecule has 1 amide bonds. The van der Waals surface area contributed by atoms with Gasteiger partial charge in [0.1, 0.15) is 6.04 Å². The summed E-state index contributed by atoms with van der Waals surface area (Å²) in [4.78, 5) is 26.5. The third kappa shape index (κ3) is 5.28. The normalized spacial score (nSPS) is 13.1. The molecule has 0 saturated carbocycles. The molecule has 0 aliphatic rings. The number of carbonyl (C=O) groups is 2. The zero-order chi connectivity index (χ0) is 23.4. The molecule has 0 aliphatic carbocycles. The maximum Gasteiger partial charge on any atom is 0.329 e. The van der Waals surface area contributed by atoms with Crippen LogP contribution in [0.2, 0.25) is 0 Å². The summed E-state index contributed by atoms with van der Waals surface area (Å²) < 4.78 is 11.2. The number of hydrogen-bond donors (Lipinski definition) is 1. The van der Waals surface area contributed by atoms with E-state index in [1.54, 1.807) is 6.92 Å². The van der Waals surface area contributed by atoms with Gasteiger partial charge in [0, 0.05) is 0 Å². The summed E-state index contributed by atoms with van der Waals surface area (Å²) in [6.07, 6.45) is -0.573. The minimum atomic E-state index is -0.797. The summed E-state index contributed by atoms with van der Waals surface area (Å²) in [5.41, 5.74) is 0.904. The van der Waals surface area contributed by atoms with Crippen LogP contribution in [0, 0.1) is 5.92 Å². The first-order valence-electron chi connectivity index (χ1n) is 10.8. The largest absolute Gasteiger partial charge is 0.451 e. The number of aromatic nitrogens is 2. The van der Waals surface area contributed by atoms with Gasteiger partial charge < -0.3 is 14.5 Å². The van der Waals surface area contributed by atoms with Crippen molar-refractivity contribution in [2.24, 2.45) is 5.92 Å². The molecule has 7 nitrogen and oxygen atoms in total. The predicted octanol–water partition coefficient (Wildman–Crippen LogP) is 4.94. The zero-order valence-electron chi connectivity index (χ0n) is 18.6. The van der Waals surface area contributed by atoms with Crippen LogP contribution in [0.3, 0.4) is 0 Å². The Kier molecular flexibility index (Phi) is 6.84. The summed E-state index contributed by atoms with van der Waals surface area (Å²) in [5.74, 6) is -0.361. The van der Waals surface area contributed by atoms with Gasteiger partial charge in [-0.05, 0) is 40.6 Å². The highest BCUT2D eigenvalue weighted by Gasteiger charge is 2.29. The molecule has 1 N–H and O–H groups in total. The van der Waals surface area contributed by atoms with Crippen LogP contribution in [0.4, 0.5) is 0 Å². The maximum absolute atomic E-state index is 12.9. The van der Waals surface area contributed by atoms with E-state index in [1.807, 2.05) is 73.8 Å². The van der Waals surface area contributed by atoms with Gasteiger partial charge in [0.05, 0.1) is 11.3 Å². The Hall–Kier alpha value is -3.52. The maximum atomic E-state index is 12.9. The third-order valence-electron chi connectivity index (χ3n) is 5.28. The van der Waals surface area contributed by atoms with E-state index in [-0.39, 0.29) is 24.1 Å². The lowest BCUT2D eigenvalue weighted by molar-refractivity contribution is -0.154. The van der Waals surface area contributed by atoms with Gasteiger partial charge in [-0.25, -0.2) is 4.79 Å². The number of amides is 1. The van der Waals surface area contributed by atoms with Crippen molar-refractivity contribution in [2.45, 2.75) is 39.3 Å². The van der Waals surface area contributed by atoms with Gasteiger partial charge in [-0.3, -0.25) is 4.79 Å². The molecule has 0 bridgehead atoms. The van der Waals surface area contributed by atoms with Crippen molar-refractivity contribution in [2.75, 3.05) is 0 Å². The van der Waals surface area contributed by atoms with Gasteiger partial charge in [0.25, 0.3) is 11.8 Å².